The molecule has 2 heterocycles. The van der Waals surface area contributed by atoms with Crippen LogP contribution in [0, 0.1) is 12.7 Å². The van der Waals surface area contributed by atoms with Crippen LogP contribution in [0.3, 0.4) is 0 Å². The van der Waals surface area contributed by atoms with Gasteiger partial charge in [-0.15, -0.1) is 0 Å². The van der Waals surface area contributed by atoms with Crippen LogP contribution in [0.1, 0.15) is 28.1 Å². The lowest BCUT2D eigenvalue weighted by Crippen LogP contribution is -2.35. The van der Waals surface area contributed by atoms with E-state index in [0.29, 0.717) is 24.3 Å². The number of nitrogens with zero attached hydrogens (tertiary/aromatic N) is 1. The molecule has 1 amide bonds. The van der Waals surface area contributed by atoms with E-state index in [4.69, 9.17) is 9.15 Å². The molecular formula is C22H21FN2O5S. The molecule has 0 saturated carbocycles. The van der Waals surface area contributed by atoms with Crippen LogP contribution in [-0.4, -0.2) is 28.0 Å². The minimum atomic E-state index is -4.10. The summed E-state index contributed by atoms with van der Waals surface area (Å²) in [4.78, 5) is 14.1. The molecule has 0 fully saturated rings. The molecule has 0 saturated heterocycles. The number of fused-ring (bicyclic) bond motifs is 1. The Kier molecular flexibility index (Phi) is 5.45. The van der Waals surface area contributed by atoms with Crippen LogP contribution in [-0.2, 0) is 16.4 Å². The number of sulfonamides is 1. The number of ether oxygens (including phenoxy) is 1. The first kappa shape index (κ1) is 20.9. The van der Waals surface area contributed by atoms with E-state index in [1.54, 1.807) is 35.2 Å². The fourth-order valence-electron chi connectivity index (χ4n) is 3.62. The topological polar surface area (TPSA) is 88.9 Å². The highest BCUT2D eigenvalue weighted by Gasteiger charge is 2.27. The van der Waals surface area contributed by atoms with E-state index in [0.717, 1.165) is 18.1 Å². The Labute approximate surface area is 179 Å². The lowest BCUT2D eigenvalue weighted by Gasteiger charge is -2.29. The molecule has 0 aliphatic carbocycles. The Bertz CT molecular complexity index is 1240. The van der Waals surface area contributed by atoms with E-state index in [2.05, 4.69) is 4.72 Å². The number of nitrogens with one attached hydrogen (secondary N) is 1. The molecule has 0 spiro atoms. The predicted octanol–water partition coefficient (Wildman–Crippen LogP) is 4.13. The maximum absolute atomic E-state index is 14.0. The molecule has 0 bridgehead atoms. The van der Waals surface area contributed by atoms with E-state index in [-0.39, 0.29) is 27.9 Å². The number of hydrogen-bond donors (Lipinski definition) is 1. The summed E-state index contributed by atoms with van der Waals surface area (Å²) in [5, 5.41) is 0. The van der Waals surface area contributed by atoms with Crippen LogP contribution >= 0.6 is 0 Å². The molecule has 2 aromatic carbocycles. The van der Waals surface area contributed by atoms with Crippen molar-refractivity contribution in [3.8, 4) is 5.75 Å². The lowest BCUT2D eigenvalue weighted by atomic mass is 10.0. The SMILES string of the molecule is COc1cc(C)c(F)cc1S(=O)(=O)Nc1ccc2c(c1)CCCN2C(=O)c1ccco1. The van der Waals surface area contributed by atoms with Gasteiger partial charge in [-0.1, -0.05) is 0 Å². The van der Waals surface area contributed by atoms with E-state index in [9.17, 15) is 17.6 Å². The number of aryl methyl sites for hydroxylation is 2. The number of amides is 1. The van der Waals surface area contributed by atoms with Gasteiger partial charge in [-0.05, 0) is 73.4 Å². The molecule has 0 atom stereocenters. The number of halogens is 1. The normalized spacial score (nSPS) is 13.6. The van der Waals surface area contributed by atoms with Gasteiger partial charge >= 0.3 is 0 Å². The number of furan rings is 1. The van der Waals surface area contributed by atoms with Crippen LogP contribution in [0.2, 0.25) is 0 Å². The van der Waals surface area contributed by atoms with Crippen molar-refractivity contribution in [1.82, 2.24) is 0 Å². The van der Waals surface area contributed by atoms with Gasteiger partial charge < -0.3 is 14.1 Å². The molecule has 1 aromatic heterocycles. The third-order valence-electron chi connectivity index (χ3n) is 5.16. The number of carbonyl (C=O) groups is 1. The second-order valence-electron chi connectivity index (χ2n) is 7.24. The summed E-state index contributed by atoms with van der Waals surface area (Å²) in [5.74, 6) is -0.594. The molecule has 3 aromatic rings. The van der Waals surface area contributed by atoms with Gasteiger partial charge in [0.1, 0.15) is 16.5 Å². The van der Waals surface area contributed by atoms with Gasteiger partial charge in [0.2, 0.25) is 0 Å². The lowest BCUT2D eigenvalue weighted by molar-refractivity contribution is 0.0958. The van der Waals surface area contributed by atoms with Gasteiger partial charge in [0.05, 0.1) is 13.4 Å². The molecule has 0 radical (unpaired) electrons. The summed E-state index contributed by atoms with van der Waals surface area (Å²) >= 11 is 0. The summed E-state index contributed by atoms with van der Waals surface area (Å²) in [5.41, 5.74) is 2.13. The van der Waals surface area contributed by atoms with Gasteiger partial charge in [0.15, 0.2) is 5.76 Å². The molecule has 1 aliphatic heterocycles. The zero-order valence-electron chi connectivity index (χ0n) is 17.0. The summed E-state index contributed by atoms with van der Waals surface area (Å²) < 4.78 is 52.7. The Balaban J connectivity index is 1.64. The largest absolute Gasteiger partial charge is 0.495 e. The van der Waals surface area contributed by atoms with Gasteiger partial charge in [0, 0.05) is 17.9 Å². The molecule has 9 heteroatoms. The standard InChI is InChI=1S/C22H21FN2O5S/c1-14-11-20(29-2)21(13-17(14)23)31(27,28)24-16-7-8-18-15(12-16)5-3-9-25(18)22(26)19-6-4-10-30-19/h4,6-8,10-13,24H,3,5,9H2,1-2H3. The van der Waals surface area contributed by atoms with Gasteiger partial charge in [-0.3, -0.25) is 9.52 Å². The first-order valence-electron chi connectivity index (χ1n) is 9.65. The number of rotatable bonds is 5. The van der Waals surface area contributed by atoms with Crippen LogP contribution in [0.4, 0.5) is 15.8 Å². The van der Waals surface area contributed by atoms with Crippen molar-refractivity contribution >= 4 is 27.3 Å². The van der Waals surface area contributed by atoms with Crippen LogP contribution in [0.25, 0.3) is 0 Å². The van der Waals surface area contributed by atoms with Gasteiger partial charge in [-0.2, -0.15) is 0 Å². The average molecular weight is 444 g/mol. The Hall–Kier alpha value is -3.33. The first-order valence-corrected chi connectivity index (χ1v) is 11.1. The minimum Gasteiger partial charge on any atom is -0.495 e. The fourth-order valence-corrected chi connectivity index (χ4v) is 4.83. The van der Waals surface area contributed by atoms with Crippen molar-refractivity contribution < 1.29 is 26.8 Å². The second-order valence-corrected chi connectivity index (χ2v) is 8.89. The number of anilines is 2. The smallest absolute Gasteiger partial charge is 0.293 e. The maximum atomic E-state index is 14.0. The number of carbonyl (C=O) groups excluding carboxylic acids is 1. The molecule has 31 heavy (non-hydrogen) atoms. The van der Waals surface area contributed by atoms with Crippen molar-refractivity contribution in [2.75, 3.05) is 23.3 Å². The summed E-state index contributed by atoms with van der Waals surface area (Å²) in [6, 6.07) is 10.5. The van der Waals surface area contributed by atoms with E-state index in [1.165, 1.54) is 26.4 Å². The van der Waals surface area contributed by atoms with E-state index >= 15 is 0 Å². The Morgan fingerprint density at radius 3 is 2.74 bits per heavy atom. The summed E-state index contributed by atoms with van der Waals surface area (Å²) in [6.07, 6.45) is 2.86. The van der Waals surface area contributed by atoms with Crippen molar-refractivity contribution in [3.05, 3.63) is 71.4 Å². The average Bonchev–Trinajstić information content (AvgIpc) is 3.28. The highest BCUT2D eigenvalue weighted by molar-refractivity contribution is 7.92. The molecule has 4 rings (SSSR count). The molecule has 1 N–H and O–H groups in total. The fraction of sp³-hybridized carbons (Fsp3) is 0.227. The minimum absolute atomic E-state index is 0.0552. The number of benzene rings is 2. The van der Waals surface area contributed by atoms with Gasteiger partial charge in [-0.25, -0.2) is 12.8 Å². The van der Waals surface area contributed by atoms with Crippen molar-refractivity contribution in [1.29, 1.82) is 0 Å². The third kappa shape index (κ3) is 4.00. The number of methoxy groups -OCH3 is 1. The van der Waals surface area contributed by atoms with E-state index in [1.807, 2.05) is 0 Å². The molecular weight excluding hydrogens is 423 g/mol. The maximum Gasteiger partial charge on any atom is 0.293 e. The molecule has 162 valence electrons. The Morgan fingerprint density at radius 2 is 2.03 bits per heavy atom. The first-order chi connectivity index (χ1) is 14.8. The van der Waals surface area contributed by atoms with Crippen LogP contribution in [0.15, 0.2) is 58.0 Å². The quantitative estimate of drug-likeness (QED) is 0.639. The molecule has 0 unspecified atom stereocenters. The Morgan fingerprint density at radius 1 is 1.23 bits per heavy atom. The monoisotopic (exact) mass is 444 g/mol. The van der Waals surface area contributed by atoms with E-state index < -0.39 is 15.8 Å². The zero-order chi connectivity index (χ0) is 22.2. The summed E-state index contributed by atoms with van der Waals surface area (Å²) in [7, 11) is -2.77. The van der Waals surface area contributed by atoms with Crippen molar-refractivity contribution in [2.24, 2.45) is 0 Å². The summed E-state index contributed by atoms with van der Waals surface area (Å²) in [6.45, 7) is 2.07. The highest BCUT2D eigenvalue weighted by Crippen LogP contribution is 2.33. The van der Waals surface area contributed by atoms with Gasteiger partial charge in [0.25, 0.3) is 15.9 Å². The molecule has 1 aliphatic rings. The second kappa shape index (κ2) is 8.07. The predicted molar refractivity (Wildman–Crippen MR) is 114 cm³/mol. The van der Waals surface area contributed by atoms with Crippen LogP contribution < -0.4 is 14.4 Å². The van der Waals surface area contributed by atoms with Crippen LogP contribution in [0.5, 0.6) is 5.75 Å². The molecule has 7 nitrogen and oxygen atoms in total. The van der Waals surface area contributed by atoms with Crippen molar-refractivity contribution in [2.45, 2.75) is 24.7 Å². The number of hydrogen-bond acceptors (Lipinski definition) is 5. The highest BCUT2D eigenvalue weighted by atomic mass is 32.2. The van der Waals surface area contributed by atoms with Crippen molar-refractivity contribution in [3.63, 3.8) is 0 Å². The zero-order valence-corrected chi connectivity index (χ0v) is 17.8. The third-order valence-corrected chi connectivity index (χ3v) is 6.56.